The van der Waals surface area contributed by atoms with Crippen molar-refractivity contribution in [1.29, 1.82) is 0 Å². The van der Waals surface area contributed by atoms with Gasteiger partial charge < -0.3 is 23.8 Å². The highest BCUT2D eigenvalue weighted by atomic mass is 16.6. The molecule has 0 saturated carbocycles. The number of ether oxygens (including phenoxy) is 2. The van der Waals surface area contributed by atoms with Crippen LogP contribution in [-0.4, -0.2) is 59.3 Å². The van der Waals surface area contributed by atoms with Crippen molar-refractivity contribution in [1.82, 2.24) is 9.47 Å². The monoisotopic (exact) mass is 385 g/mol. The lowest BCUT2D eigenvalue weighted by atomic mass is 10.1. The maximum absolute atomic E-state index is 12.2. The van der Waals surface area contributed by atoms with Crippen molar-refractivity contribution in [3.05, 3.63) is 29.5 Å². The summed E-state index contributed by atoms with van der Waals surface area (Å²) >= 11 is 0. The van der Waals surface area contributed by atoms with Crippen LogP contribution in [0.2, 0.25) is 0 Å². The third kappa shape index (κ3) is 2.98. The molecule has 0 spiro atoms. The maximum Gasteiger partial charge on any atom is 0.410 e. The van der Waals surface area contributed by atoms with E-state index >= 15 is 0 Å². The van der Waals surface area contributed by atoms with Gasteiger partial charge in [-0.25, -0.2) is 14.4 Å². The molecule has 4 rings (SSSR count). The lowest BCUT2D eigenvalue weighted by Crippen LogP contribution is -2.50. The van der Waals surface area contributed by atoms with Crippen LogP contribution in [0.1, 0.15) is 41.6 Å². The molecular weight excluding hydrogens is 362 g/mol. The van der Waals surface area contributed by atoms with E-state index in [-0.39, 0.29) is 6.09 Å². The Bertz CT molecular complexity index is 993. The van der Waals surface area contributed by atoms with Gasteiger partial charge in [0, 0.05) is 44.3 Å². The smallest absolute Gasteiger partial charge is 0.410 e. The number of anilines is 1. The summed E-state index contributed by atoms with van der Waals surface area (Å²) in [7, 11) is 1.76. The maximum atomic E-state index is 12.2. The Morgan fingerprint density at radius 3 is 2.39 bits per heavy atom. The van der Waals surface area contributed by atoms with E-state index in [0.29, 0.717) is 42.8 Å². The number of aromatic nitrogens is 1. The van der Waals surface area contributed by atoms with Gasteiger partial charge in [-0.1, -0.05) is 0 Å². The van der Waals surface area contributed by atoms with E-state index in [2.05, 4.69) is 4.90 Å². The van der Waals surface area contributed by atoms with Gasteiger partial charge in [-0.05, 0) is 39.0 Å². The number of fused-ring (bicyclic) bond motifs is 3. The lowest BCUT2D eigenvalue weighted by molar-refractivity contribution is 0.0239. The molecule has 2 aromatic rings. The number of cyclic esters (lactones) is 2. The molecular formula is C20H23N3O5. The van der Waals surface area contributed by atoms with Gasteiger partial charge in [-0.15, -0.1) is 0 Å². The van der Waals surface area contributed by atoms with E-state index in [1.54, 1.807) is 16.5 Å². The zero-order chi connectivity index (χ0) is 20.2. The Morgan fingerprint density at radius 1 is 1.07 bits per heavy atom. The molecule has 1 fully saturated rings. The van der Waals surface area contributed by atoms with E-state index in [1.165, 1.54) is 0 Å². The fourth-order valence-corrected chi connectivity index (χ4v) is 3.72. The van der Waals surface area contributed by atoms with Crippen LogP contribution in [0.25, 0.3) is 10.9 Å². The second-order valence-corrected chi connectivity index (χ2v) is 8.12. The highest BCUT2D eigenvalue weighted by molar-refractivity contribution is 6.21. The van der Waals surface area contributed by atoms with Crippen LogP contribution in [0.4, 0.5) is 10.5 Å². The summed E-state index contributed by atoms with van der Waals surface area (Å²) < 4.78 is 11.9. The SMILES string of the molecule is Cn1c2c(c3ccc(N4CCN(C(=O)OC(C)(C)C)CC4)cc31)C(=O)OC2=O. The summed E-state index contributed by atoms with van der Waals surface area (Å²) in [6.45, 7) is 8.06. The van der Waals surface area contributed by atoms with Gasteiger partial charge >= 0.3 is 18.0 Å². The lowest BCUT2D eigenvalue weighted by Gasteiger charge is -2.36. The zero-order valence-corrected chi connectivity index (χ0v) is 16.4. The first-order valence-corrected chi connectivity index (χ1v) is 9.27. The minimum Gasteiger partial charge on any atom is -0.444 e. The van der Waals surface area contributed by atoms with Crippen LogP contribution in [0.15, 0.2) is 18.2 Å². The second kappa shape index (κ2) is 6.25. The third-order valence-corrected chi connectivity index (χ3v) is 5.06. The summed E-state index contributed by atoms with van der Waals surface area (Å²) in [4.78, 5) is 40.0. The minimum atomic E-state index is -0.605. The predicted molar refractivity (Wildman–Crippen MR) is 103 cm³/mol. The van der Waals surface area contributed by atoms with Crippen molar-refractivity contribution in [3.8, 4) is 0 Å². The van der Waals surface area contributed by atoms with Gasteiger partial charge in [0.15, 0.2) is 0 Å². The van der Waals surface area contributed by atoms with E-state index in [9.17, 15) is 14.4 Å². The normalized spacial score (nSPS) is 17.1. The number of piperazine rings is 1. The predicted octanol–water partition coefficient (Wildman–Crippen LogP) is 2.55. The van der Waals surface area contributed by atoms with E-state index in [4.69, 9.17) is 9.47 Å². The average Bonchev–Trinajstić information content (AvgIpc) is 3.09. The number of rotatable bonds is 1. The van der Waals surface area contributed by atoms with Crippen molar-refractivity contribution < 1.29 is 23.9 Å². The van der Waals surface area contributed by atoms with Gasteiger partial charge in [0.25, 0.3) is 0 Å². The van der Waals surface area contributed by atoms with Gasteiger partial charge in [-0.2, -0.15) is 0 Å². The summed E-state index contributed by atoms with van der Waals surface area (Å²) in [5, 5.41) is 0.712. The first-order chi connectivity index (χ1) is 13.2. The van der Waals surface area contributed by atoms with E-state index < -0.39 is 17.5 Å². The van der Waals surface area contributed by atoms with Gasteiger partial charge in [0.05, 0.1) is 5.52 Å². The molecule has 1 aromatic heterocycles. The van der Waals surface area contributed by atoms with Crippen molar-refractivity contribution in [2.75, 3.05) is 31.1 Å². The van der Waals surface area contributed by atoms with Crippen LogP contribution in [0, 0.1) is 0 Å². The number of aryl methyl sites for hydroxylation is 1. The number of amides is 1. The number of benzene rings is 1. The van der Waals surface area contributed by atoms with Crippen LogP contribution in [0.5, 0.6) is 0 Å². The second-order valence-electron chi connectivity index (χ2n) is 8.12. The van der Waals surface area contributed by atoms with Crippen molar-refractivity contribution in [2.24, 2.45) is 7.05 Å². The first kappa shape index (κ1) is 18.3. The first-order valence-electron chi connectivity index (χ1n) is 9.27. The summed E-state index contributed by atoms with van der Waals surface area (Å²) in [5.41, 5.74) is 1.92. The Hall–Kier alpha value is -3.03. The molecule has 8 heteroatoms. The quantitative estimate of drug-likeness (QED) is 0.554. The number of esters is 2. The molecule has 8 nitrogen and oxygen atoms in total. The van der Waals surface area contributed by atoms with Gasteiger partial charge in [0.1, 0.15) is 16.9 Å². The van der Waals surface area contributed by atoms with Crippen molar-refractivity contribution in [2.45, 2.75) is 26.4 Å². The standard InChI is InChI=1S/C20H23N3O5/c1-20(2,3)28-19(26)23-9-7-22(8-10-23)12-5-6-13-14(11-12)21(4)16-15(13)17(24)27-18(16)25/h5-6,11H,7-10H2,1-4H3. The van der Waals surface area contributed by atoms with Crippen LogP contribution in [0.3, 0.4) is 0 Å². The van der Waals surface area contributed by atoms with Gasteiger partial charge in [-0.3, -0.25) is 0 Å². The summed E-state index contributed by atoms with van der Waals surface area (Å²) in [5.74, 6) is -1.20. The van der Waals surface area contributed by atoms with E-state index in [0.717, 1.165) is 11.2 Å². The molecule has 0 atom stereocenters. The van der Waals surface area contributed by atoms with Gasteiger partial charge in [0.2, 0.25) is 0 Å². The minimum absolute atomic E-state index is 0.293. The molecule has 148 valence electrons. The van der Waals surface area contributed by atoms with Crippen LogP contribution >= 0.6 is 0 Å². The molecule has 3 heterocycles. The Kier molecular flexibility index (Phi) is 4.10. The number of hydrogen-bond donors (Lipinski definition) is 0. The molecule has 0 aliphatic carbocycles. The summed E-state index contributed by atoms with van der Waals surface area (Å²) in [6.07, 6.45) is -0.293. The Balaban J connectivity index is 1.54. The molecule has 0 radical (unpaired) electrons. The van der Waals surface area contributed by atoms with Crippen LogP contribution in [-0.2, 0) is 16.5 Å². The fraction of sp³-hybridized carbons (Fsp3) is 0.450. The molecule has 2 aliphatic heterocycles. The Morgan fingerprint density at radius 2 is 1.75 bits per heavy atom. The average molecular weight is 385 g/mol. The number of hydrogen-bond acceptors (Lipinski definition) is 6. The molecule has 0 unspecified atom stereocenters. The van der Waals surface area contributed by atoms with E-state index in [1.807, 2.05) is 39.0 Å². The third-order valence-electron chi connectivity index (χ3n) is 5.06. The molecule has 2 aliphatic rings. The molecule has 1 saturated heterocycles. The number of carbonyl (C=O) groups is 3. The topological polar surface area (TPSA) is 81.1 Å². The fourth-order valence-electron chi connectivity index (χ4n) is 3.72. The molecule has 0 bridgehead atoms. The van der Waals surface area contributed by atoms with Crippen molar-refractivity contribution >= 4 is 34.6 Å². The number of nitrogens with zero attached hydrogens (tertiary/aromatic N) is 3. The Labute approximate surface area is 162 Å². The molecule has 28 heavy (non-hydrogen) atoms. The number of carbonyl (C=O) groups excluding carboxylic acids is 3. The summed E-state index contributed by atoms with van der Waals surface area (Å²) in [6, 6.07) is 5.75. The molecule has 1 amide bonds. The molecule has 0 N–H and O–H groups in total. The molecule has 1 aromatic carbocycles. The van der Waals surface area contributed by atoms with Crippen LogP contribution < -0.4 is 4.90 Å². The zero-order valence-electron chi connectivity index (χ0n) is 16.4. The highest BCUT2D eigenvalue weighted by Crippen LogP contribution is 2.33. The van der Waals surface area contributed by atoms with Crippen molar-refractivity contribution in [3.63, 3.8) is 0 Å². The highest BCUT2D eigenvalue weighted by Gasteiger charge is 2.36. The largest absolute Gasteiger partial charge is 0.444 e.